The first-order chi connectivity index (χ1) is 11.3. The summed E-state index contributed by atoms with van der Waals surface area (Å²) < 4.78 is 12.6. The topological polar surface area (TPSA) is 82.2 Å². The van der Waals surface area contributed by atoms with Crippen LogP contribution in [0.25, 0.3) is 0 Å². The van der Waals surface area contributed by atoms with Crippen molar-refractivity contribution in [3.05, 3.63) is 35.3 Å². The Morgan fingerprint density at radius 3 is 3.13 bits per heavy atom. The van der Waals surface area contributed by atoms with Crippen molar-refractivity contribution in [2.24, 2.45) is 0 Å². The van der Waals surface area contributed by atoms with Crippen molar-refractivity contribution in [1.82, 2.24) is 20.1 Å². The number of aromatic nitrogens is 3. The molecule has 0 spiro atoms. The number of nitrogens with one attached hydrogen (secondary N) is 1. The number of amides is 1. The van der Waals surface area contributed by atoms with Gasteiger partial charge in [-0.05, 0) is 25.0 Å². The zero-order chi connectivity index (χ0) is 16.1. The van der Waals surface area contributed by atoms with Crippen LogP contribution in [-0.2, 0) is 30.7 Å². The van der Waals surface area contributed by atoms with E-state index in [1.807, 2.05) is 0 Å². The molecule has 0 atom stereocenters. The molecule has 1 amide bonds. The Labute approximate surface area is 135 Å². The van der Waals surface area contributed by atoms with E-state index in [4.69, 9.17) is 9.15 Å². The first kappa shape index (κ1) is 15.7. The number of hydrogen-bond donors (Lipinski definition) is 1. The van der Waals surface area contributed by atoms with Gasteiger partial charge in [0, 0.05) is 33.0 Å². The second kappa shape index (κ2) is 7.41. The third kappa shape index (κ3) is 3.79. The number of aryl methyl sites for hydroxylation is 1. The summed E-state index contributed by atoms with van der Waals surface area (Å²) in [7, 11) is 1.59. The van der Waals surface area contributed by atoms with E-state index in [0.29, 0.717) is 31.1 Å². The summed E-state index contributed by atoms with van der Waals surface area (Å²) in [6.07, 6.45) is 5.25. The number of rotatable bonds is 6. The van der Waals surface area contributed by atoms with Gasteiger partial charge in [0.25, 0.3) is 5.91 Å². The molecule has 0 saturated carbocycles. The average molecular weight is 318 g/mol. The van der Waals surface area contributed by atoms with Crippen LogP contribution >= 0.6 is 0 Å². The van der Waals surface area contributed by atoms with E-state index in [0.717, 1.165) is 24.6 Å². The molecule has 0 bridgehead atoms. The number of hydrogen-bond acceptors (Lipinski definition) is 5. The fourth-order valence-corrected chi connectivity index (χ4v) is 2.82. The SMILES string of the molecule is COCc1ccc(C(=O)NCCc2nnc3n2CCCCC3)o1. The van der Waals surface area contributed by atoms with Crippen molar-refractivity contribution in [3.63, 3.8) is 0 Å². The van der Waals surface area contributed by atoms with Gasteiger partial charge in [-0.25, -0.2) is 0 Å². The minimum Gasteiger partial charge on any atom is -0.453 e. The van der Waals surface area contributed by atoms with Crippen LogP contribution in [0, 0.1) is 0 Å². The molecule has 7 heteroatoms. The van der Waals surface area contributed by atoms with Gasteiger partial charge in [0.15, 0.2) is 5.76 Å². The van der Waals surface area contributed by atoms with E-state index in [1.54, 1.807) is 19.2 Å². The third-order valence-corrected chi connectivity index (χ3v) is 3.99. The van der Waals surface area contributed by atoms with Crippen LogP contribution in [0.1, 0.15) is 47.2 Å². The van der Waals surface area contributed by atoms with Gasteiger partial charge in [0.1, 0.15) is 24.0 Å². The summed E-state index contributed by atoms with van der Waals surface area (Å²) in [5.74, 6) is 2.74. The molecule has 1 N–H and O–H groups in total. The van der Waals surface area contributed by atoms with E-state index in [2.05, 4.69) is 20.1 Å². The molecule has 0 fully saturated rings. The van der Waals surface area contributed by atoms with Gasteiger partial charge in [-0.1, -0.05) is 6.42 Å². The Bertz CT molecular complexity index is 662. The first-order valence-corrected chi connectivity index (χ1v) is 8.04. The van der Waals surface area contributed by atoms with Gasteiger partial charge in [0.2, 0.25) is 0 Å². The summed E-state index contributed by atoms with van der Waals surface area (Å²) in [4.78, 5) is 12.0. The molecule has 23 heavy (non-hydrogen) atoms. The predicted molar refractivity (Wildman–Crippen MR) is 83.0 cm³/mol. The molecule has 1 aliphatic rings. The maximum Gasteiger partial charge on any atom is 0.287 e. The molecular formula is C16H22N4O3. The predicted octanol–water partition coefficient (Wildman–Crippen LogP) is 1.72. The van der Waals surface area contributed by atoms with E-state index in [9.17, 15) is 4.79 Å². The summed E-state index contributed by atoms with van der Waals surface area (Å²) in [5.41, 5.74) is 0. The van der Waals surface area contributed by atoms with Crippen molar-refractivity contribution in [3.8, 4) is 0 Å². The summed E-state index contributed by atoms with van der Waals surface area (Å²) in [6.45, 7) is 1.85. The number of fused-ring (bicyclic) bond motifs is 1. The standard InChI is InChI=1S/C16H22N4O3/c1-22-11-12-6-7-13(23-12)16(21)17-9-8-15-19-18-14-5-3-2-4-10-20(14)15/h6-7H,2-5,8-11H2,1H3,(H,17,21). The third-order valence-electron chi connectivity index (χ3n) is 3.99. The number of ether oxygens (including phenoxy) is 1. The molecular weight excluding hydrogens is 296 g/mol. The van der Waals surface area contributed by atoms with E-state index in [-0.39, 0.29) is 5.91 Å². The highest BCUT2D eigenvalue weighted by Gasteiger charge is 2.15. The maximum absolute atomic E-state index is 12.0. The van der Waals surface area contributed by atoms with Crippen LogP contribution in [0.15, 0.2) is 16.5 Å². The second-order valence-electron chi connectivity index (χ2n) is 5.70. The van der Waals surface area contributed by atoms with Gasteiger partial charge in [0.05, 0.1) is 0 Å². The molecule has 0 aliphatic carbocycles. The molecule has 124 valence electrons. The number of methoxy groups -OCH3 is 1. The highest BCUT2D eigenvalue weighted by Crippen LogP contribution is 2.14. The highest BCUT2D eigenvalue weighted by atomic mass is 16.5. The fraction of sp³-hybridized carbons (Fsp3) is 0.562. The number of furan rings is 1. The zero-order valence-corrected chi connectivity index (χ0v) is 13.4. The minimum absolute atomic E-state index is 0.219. The van der Waals surface area contributed by atoms with Crippen molar-refractivity contribution < 1.29 is 13.9 Å². The average Bonchev–Trinajstić information content (AvgIpc) is 3.09. The van der Waals surface area contributed by atoms with Crippen LogP contribution in [0.4, 0.5) is 0 Å². The summed E-state index contributed by atoms with van der Waals surface area (Å²) >= 11 is 0. The molecule has 0 unspecified atom stereocenters. The molecule has 0 aromatic carbocycles. The van der Waals surface area contributed by atoms with Crippen LogP contribution in [0.5, 0.6) is 0 Å². The molecule has 0 saturated heterocycles. The molecule has 3 rings (SSSR count). The zero-order valence-electron chi connectivity index (χ0n) is 13.4. The lowest BCUT2D eigenvalue weighted by Crippen LogP contribution is -2.26. The number of carbonyl (C=O) groups is 1. The van der Waals surface area contributed by atoms with Gasteiger partial charge < -0.3 is 19.0 Å². The lowest BCUT2D eigenvalue weighted by molar-refractivity contribution is 0.0917. The van der Waals surface area contributed by atoms with Gasteiger partial charge >= 0.3 is 0 Å². The molecule has 3 heterocycles. The molecule has 2 aromatic rings. The van der Waals surface area contributed by atoms with Crippen molar-refractivity contribution in [2.75, 3.05) is 13.7 Å². The molecule has 1 aliphatic heterocycles. The Morgan fingerprint density at radius 2 is 2.26 bits per heavy atom. The number of nitrogens with zero attached hydrogens (tertiary/aromatic N) is 3. The number of carbonyl (C=O) groups excluding carboxylic acids is 1. The van der Waals surface area contributed by atoms with E-state index >= 15 is 0 Å². The Balaban J connectivity index is 1.53. The van der Waals surface area contributed by atoms with Crippen LogP contribution < -0.4 is 5.32 Å². The van der Waals surface area contributed by atoms with Crippen LogP contribution in [0.3, 0.4) is 0 Å². The normalized spacial score (nSPS) is 14.3. The Kier molecular flexibility index (Phi) is 5.07. The van der Waals surface area contributed by atoms with Crippen molar-refractivity contribution >= 4 is 5.91 Å². The minimum atomic E-state index is -0.219. The van der Waals surface area contributed by atoms with Crippen LogP contribution in [0.2, 0.25) is 0 Å². The fourth-order valence-electron chi connectivity index (χ4n) is 2.82. The van der Waals surface area contributed by atoms with Gasteiger partial charge in [-0.3, -0.25) is 4.79 Å². The van der Waals surface area contributed by atoms with Crippen LogP contribution in [-0.4, -0.2) is 34.3 Å². The maximum atomic E-state index is 12.0. The largest absolute Gasteiger partial charge is 0.453 e. The second-order valence-corrected chi connectivity index (χ2v) is 5.70. The van der Waals surface area contributed by atoms with Crippen molar-refractivity contribution in [2.45, 2.75) is 45.3 Å². The van der Waals surface area contributed by atoms with E-state index < -0.39 is 0 Å². The molecule has 2 aromatic heterocycles. The summed E-state index contributed by atoms with van der Waals surface area (Å²) in [5, 5.41) is 11.4. The molecule has 7 nitrogen and oxygen atoms in total. The first-order valence-electron chi connectivity index (χ1n) is 8.04. The smallest absolute Gasteiger partial charge is 0.287 e. The summed E-state index contributed by atoms with van der Waals surface area (Å²) in [6, 6.07) is 3.41. The molecule has 0 radical (unpaired) electrons. The van der Waals surface area contributed by atoms with Gasteiger partial charge in [-0.15, -0.1) is 10.2 Å². The van der Waals surface area contributed by atoms with Gasteiger partial charge in [-0.2, -0.15) is 0 Å². The highest BCUT2D eigenvalue weighted by molar-refractivity contribution is 5.91. The lowest BCUT2D eigenvalue weighted by atomic mass is 10.2. The quantitative estimate of drug-likeness (QED) is 0.877. The monoisotopic (exact) mass is 318 g/mol. The lowest BCUT2D eigenvalue weighted by Gasteiger charge is -2.07. The van der Waals surface area contributed by atoms with E-state index in [1.165, 1.54) is 19.3 Å². The van der Waals surface area contributed by atoms with Crippen molar-refractivity contribution in [1.29, 1.82) is 0 Å². The Hall–Kier alpha value is -2.15. The Morgan fingerprint density at radius 1 is 1.35 bits per heavy atom.